The van der Waals surface area contributed by atoms with Crippen LogP contribution < -0.4 is 5.32 Å². The van der Waals surface area contributed by atoms with Gasteiger partial charge in [0.25, 0.3) is 5.91 Å². The third-order valence-electron chi connectivity index (χ3n) is 6.09. The molecule has 0 radical (unpaired) electrons. The molecule has 0 aromatic heterocycles. The van der Waals surface area contributed by atoms with Crippen molar-refractivity contribution in [3.05, 3.63) is 47.5 Å². The number of hydrogen-bond donors (Lipinski definition) is 1. The molecule has 6 nitrogen and oxygen atoms in total. The lowest BCUT2D eigenvalue weighted by Crippen LogP contribution is -2.42. The number of nitrogens with one attached hydrogen (secondary N) is 1. The maximum atomic E-state index is 13.0. The molecule has 1 N–H and O–H groups in total. The molecule has 1 aromatic rings. The molecule has 2 aliphatic carbocycles. The maximum Gasteiger partial charge on any atom is 0.326 e. The SMILES string of the molecule is CC1CC=CCC1COC(=O)CN1C(=O)NC2(CCc3ccccc32)C1=O. The fourth-order valence-corrected chi connectivity index (χ4v) is 4.35. The molecule has 3 unspecified atom stereocenters. The smallest absolute Gasteiger partial charge is 0.326 e. The number of nitrogens with zero attached hydrogens (tertiary/aromatic N) is 1. The van der Waals surface area contributed by atoms with Gasteiger partial charge in [-0.25, -0.2) is 4.79 Å². The van der Waals surface area contributed by atoms with Crippen LogP contribution >= 0.6 is 0 Å². The highest BCUT2D eigenvalue weighted by atomic mass is 16.5. The molecule has 1 fully saturated rings. The Labute approximate surface area is 158 Å². The van der Waals surface area contributed by atoms with Crippen molar-refractivity contribution in [3.8, 4) is 0 Å². The summed E-state index contributed by atoms with van der Waals surface area (Å²) in [6.07, 6.45) is 7.38. The lowest BCUT2D eigenvalue weighted by Gasteiger charge is -2.25. The molecule has 27 heavy (non-hydrogen) atoms. The Morgan fingerprint density at radius 1 is 1.26 bits per heavy atom. The molecule has 1 aliphatic heterocycles. The third kappa shape index (κ3) is 3.03. The first-order valence-electron chi connectivity index (χ1n) is 9.54. The van der Waals surface area contributed by atoms with Gasteiger partial charge < -0.3 is 10.1 Å². The monoisotopic (exact) mass is 368 g/mol. The number of amides is 3. The number of allylic oxidation sites excluding steroid dienone is 2. The van der Waals surface area contributed by atoms with E-state index in [9.17, 15) is 14.4 Å². The van der Waals surface area contributed by atoms with E-state index in [1.807, 2.05) is 24.3 Å². The van der Waals surface area contributed by atoms with Crippen LogP contribution in [0.4, 0.5) is 4.79 Å². The molecule has 4 rings (SSSR count). The topological polar surface area (TPSA) is 75.7 Å². The van der Waals surface area contributed by atoms with Crippen LogP contribution in [0.25, 0.3) is 0 Å². The van der Waals surface area contributed by atoms with Crippen LogP contribution in [0, 0.1) is 11.8 Å². The van der Waals surface area contributed by atoms with E-state index in [1.165, 1.54) is 0 Å². The minimum atomic E-state index is -1.03. The second kappa shape index (κ2) is 6.83. The highest BCUT2D eigenvalue weighted by Gasteiger charge is 2.55. The van der Waals surface area contributed by atoms with Gasteiger partial charge >= 0.3 is 12.0 Å². The van der Waals surface area contributed by atoms with Gasteiger partial charge in [-0.15, -0.1) is 0 Å². The van der Waals surface area contributed by atoms with Gasteiger partial charge in [-0.05, 0) is 48.6 Å². The van der Waals surface area contributed by atoms with E-state index >= 15 is 0 Å². The fourth-order valence-electron chi connectivity index (χ4n) is 4.35. The summed E-state index contributed by atoms with van der Waals surface area (Å²) in [4.78, 5) is 38.7. The van der Waals surface area contributed by atoms with Gasteiger partial charge in [0.05, 0.1) is 6.61 Å². The van der Waals surface area contributed by atoms with Crippen LogP contribution in [-0.4, -0.2) is 36.0 Å². The van der Waals surface area contributed by atoms with Crippen molar-refractivity contribution < 1.29 is 19.1 Å². The summed E-state index contributed by atoms with van der Waals surface area (Å²) < 4.78 is 5.38. The largest absolute Gasteiger partial charge is 0.464 e. The summed E-state index contributed by atoms with van der Waals surface area (Å²) >= 11 is 0. The first-order chi connectivity index (χ1) is 13.0. The maximum absolute atomic E-state index is 13.0. The Hall–Kier alpha value is -2.63. The van der Waals surface area contributed by atoms with Crippen LogP contribution in [0.3, 0.4) is 0 Å². The van der Waals surface area contributed by atoms with E-state index in [-0.39, 0.29) is 18.4 Å². The molecular formula is C21H24N2O4. The number of aryl methyl sites for hydroxylation is 1. The molecule has 1 spiro atoms. The van der Waals surface area contributed by atoms with E-state index in [2.05, 4.69) is 24.4 Å². The number of carbonyl (C=O) groups excluding carboxylic acids is 3. The zero-order valence-corrected chi connectivity index (χ0v) is 15.4. The normalized spacial score (nSPS) is 29.1. The predicted molar refractivity (Wildman–Crippen MR) is 98.7 cm³/mol. The average molecular weight is 368 g/mol. The second-order valence-electron chi connectivity index (χ2n) is 7.75. The van der Waals surface area contributed by atoms with Gasteiger partial charge in [0.15, 0.2) is 0 Å². The van der Waals surface area contributed by atoms with Crippen LogP contribution in [0.1, 0.15) is 37.3 Å². The van der Waals surface area contributed by atoms with Gasteiger partial charge in [-0.3, -0.25) is 14.5 Å². The fraction of sp³-hybridized carbons (Fsp3) is 0.476. The van der Waals surface area contributed by atoms with E-state index in [0.717, 1.165) is 35.3 Å². The molecule has 0 bridgehead atoms. The number of ether oxygens (including phenoxy) is 1. The molecule has 0 saturated carbocycles. The molecule has 1 heterocycles. The summed E-state index contributed by atoms with van der Waals surface area (Å²) in [5.41, 5.74) is 0.869. The van der Waals surface area contributed by atoms with Crippen molar-refractivity contribution in [1.82, 2.24) is 10.2 Å². The number of rotatable bonds is 4. The number of esters is 1. The number of hydrogen-bond acceptors (Lipinski definition) is 4. The number of imide groups is 1. The number of benzene rings is 1. The summed E-state index contributed by atoms with van der Waals surface area (Å²) in [6.45, 7) is 2.12. The van der Waals surface area contributed by atoms with Crippen LogP contribution in [-0.2, 0) is 26.3 Å². The van der Waals surface area contributed by atoms with E-state index in [1.54, 1.807) is 0 Å². The molecule has 142 valence electrons. The molecule has 6 heteroatoms. The van der Waals surface area contributed by atoms with Crippen LogP contribution in [0.15, 0.2) is 36.4 Å². The lowest BCUT2D eigenvalue weighted by atomic mass is 9.85. The van der Waals surface area contributed by atoms with Crippen LogP contribution in [0.5, 0.6) is 0 Å². The minimum absolute atomic E-state index is 0.287. The Bertz CT molecular complexity index is 818. The van der Waals surface area contributed by atoms with Crippen molar-refractivity contribution >= 4 is 17.9 Å². The zero-order chi connectivity index (χ0) is 19.0. The van der Waals surface area contributed by atoms with Gasteiger partial charge in [0.1, 0.15) is 12.1 Å². The molecule has 3 amide bonds. The van der Waals surface area contributed by atoms with E-state index in [4.69, 9.17) is 4.74 Å². The number of carbonyl (C=O) groups is 3. The van der Waals surface area contributed by atoms with Gasteiger partial charge in [0.2, 0.25) is 0 Å². The Morgan fingerprint density at radius 2 is 2.04 bits per heavy atom. The van der Waals surface area contributed by atoms with Crippen molar-refractivity contribution in [1.29, 1.82) is 0 Å². The Balaban J connectivity index is 1.41. The predicted octanol–water partition coefficient (Wildman–Crippen LogP) is 2.53. The summed E-state index contributed by atoms with van der Waals surface area (Å²) in [7, 11) is 0. The minimum Gasteiger partial charge on any atom is -0.464 e. The van der Waals surface area contributed by atoms with Crippen molar-refractivity contribution in [3.63, 3.8) is 0 Å². The quantitative estimate of drug-likeness (QED) is 0.503. The van der Waals surface area contributed by atoms with E-state index in [0.29, 0.717) is 18.9 Å². The molecular weight excluding hydrogens is 344 g/mol. The van der Waals surface area contributed by atoms with Crippen LogP contribution in [0.2, 0.25) is 0 Å². The molecule has 3 atom stereocenters. The number of fused-ring (bicyclic) bond motifs is 2. The standard InChI is InChI=1S/C21H24N2O4/c1-14-6-2-3-8-16(14)13-27-18(24)12-23-19(25)21(22-20(23)26)11-10-15-7-4-5-9-17(15)21/h2-5,7,9,14,16H,6,8,10-13H2,1H3,(H,22,26). The highest BCUT2D eigenvalue weighted by molar-refractivity contribution is 6.09. The van der Waals surface area contributed by atoms with Gasteiger partial charge in [-0.2, -0.15) is 0 Å². The summed E-state index contributed by atoms with van der Waals surface area (Å²) in [6, 6.07) is 7.11. The average Bonchev–Trinajstić information content (AvgIpc) is 3.15. The Kier molecular flexibility index (Phi) is 4.50. The highest BCUT2D eigenvalue weighted by Crippen LogP contribution is 2.41. The zero-order valence-electron chi connectivity index (χ0n) is 15.4. The summed E-state index contributed by atoms with van der Waals surface area (Å²) in [5, 5.41) is 2.82. The number of urea groups is 1. The van der Waals surface area contributed by atoms with Gasteiger partial charge in [0, 0.05) is 0 Å². The lowest BCUT2D eigenvalue weighted by molar-refractivity contribution is -0.149. The molecule has 1 saturated heterocycles. The van der Waals surface area contributed by atoms with Crippen molar-refractivity contribution in [2.75, 3.05) is 13.2 Å². The first-order valence-corrected chi connectivity index (χ1v) is 9.54. The third-order valence-corrected chi connectivity index (χ3v) is 6.09. The molecule has 1 aromatic carbocycles. The second-order valence-corrected chi connectivity index (χ2v) is 7.75. The van der Waals surface area contributed by atoms with Crippen molar-refractivity contribution in [2.45, 2.75) is 38.1 Å². The van der Waals surface area contributed by atoms with Crippen molar-refractivity contribution in [2.24, 2.45) is 11.8 Å². The Morgan fingerprint density at radius 3 is 2.85 bits per heavy atom. The first kappa shape index (κ1) is 17.8. The summed E-state index contributed by atoms with van der Waals surface area (Å²) in [5.74, 6) is -0.153. The van der Waals surface area contributed by atoms with Gasteiger partial charge in [-0.1, -0.05) is 43.3 Å². The van der Waals surface area contributed by atoms with E-state index < -0.39 is 17.5 Å². The molecule has 3 aliphatic rings.